The highest BCUT2D eigenvalue weighted by Crippen LogP contribution is 2.25. The number of allylic oxidation sites excluding steroid dienone is 2. The third-order valence-corrected chi connectivity index (χ3v) is 3.20. The van der Waals surface area contributed by atoms with Crippen LogP contribution in [0.3, 0.4) is 0 Å². The van der Waals surface area contributed by atoms with Crippen molar-refractivity contribution in [1.29, 1.82) is 0 Å². The summed E-state index contributed by atoms with van der Waals surface area (Å²) in [5, 5.41) is 0.702. The zero-order valence-electron chi connectivity index (χ0n) is 9.70. The van der Waals surface area contributed by atoms with Crippen molar-refractivity contribution in [1.82, 2.24) is 5.43 Å². The molecular weight excluding hydrogens is 274 g/mol. The molecular formula is C13H15Cl2FN2. The van der Waals surface area contributed by atoms with Gasteiger partial charge in [-0.15, -0.1) is 12.4 Å². The van der Waals surface area contributed by atoms with Crippen LogP contribution in [-0.2, 0) is 6.42 Å². The van der Waals surface area contributed by atoms with Crippen LogP contribution in [0.4, 0.5) is 4.39 Å². The Morgan fingerprint density at radius 3 is 2.50 bits per heavy atom. The molecule has 1 aliphatic rings. The van der Waals surface area contributed by atoms with Crippen LogP contribution in [0.2, 0.25) is 5.02 Å². The van der Waals surface area contributed by atoms with Gasteiger partial charge in [0.2, 0.25) is 0 Å². The molecule has 1 unspecified atom stereocenters. The first-order valence-electron chi connectivity index (χ1n) is 5.41. The highest BCUT2D eigenvalue weighted by molar-refractivity contribution is 6.30. The number of halogens is 3. The molecule has 1 aromatic carbocycles. The van der Waals surface area contributed by atoms with Gasteiger partial charge in [-0.2, -0.15) is 0 Å². The number of hydrogen-bond donors (Lipinski definition) is 2. The molecule has 0 spiro atoms. The fourth-order valence-electron chi connectivity index (χ4n) is 1.91. The van der Waals surface area contributed by atoms with Crippen LogP contribution in [0.5, 0.6) is 0 Å². The molecule has 5 heteroatoms. The van der Waals surface area contributed by atoms with Gasteiger partial charge < -0.3 is 0 Å². The van der Waals surface area contributed by atoms with E-state index in [1.165, 1.54) is 12.2 Å². The van der Waals surface area contributed by atoms with E-state index in [4.69, 9.17) is 17.4 Å². The lowest BCUT2D eigenvalue weighted by Crippen LogP contribution is -2.49. The van der Waals surface area contributed by atoms with Gasteiger partial charge in [0.05, 0.1) is 5.54 Å². The van der Waals surface area contributed by atoms with Gasteiger partial charge >= 0.3 is 0 Å². The SMILES string of the molecule is Cl.NNC1(Cc2ccc(Cl)cc2)C=CC(F)=CC1. The first-order chi connectivity index (χ1) is 8.13. The van der Waals surface area contributed by atoms with Crippen LogP contribution >= 0.6 is 24.0 Å². The molecule has 0 saturated heterocycles. The zero-order valence-corrected chi connectivity index (χ0v) is 11.3. The first-order valence-corrected chi connectivity index (χ1v) is 5.78. The quantitative estimate of drug-likeness (QED) is 0.661. The van der Waals surface area contributed by atoms with E-state index < -0.39 is 5.54 Å². The molecule has 1 atom stereocenters. The topological polar surface area (TPSA) is 38.0 Å². The molecule has 2 nitrogen and oxygen atoms in total. The largest absolute Gasteiger partial charge is 0.271 e. The molecule has 0 aromatic heterocycles. The Balaban J connectivity index is 0.00000162. The maximum Gasteiger partial charge on any atom is 0.119 e. The second kappa shape index (κ2) is 6.34. The van der Waals surface area contributed by atoms with E-state index >= 15 is 0 Å². The fourth-order valence-corrected chi connectivity index (χ4v) is 2.04. The monoisotopic (exact) mass is 288 g/mol. The van der Waals surface area contributed by atoms with Crippen molar-refractivity contribution >= 4 is 24.0 Å². The van der Waals surface area contributed by atoms with E-state index in [1.54, 1.807) is 6.08 Å². The van der Waals surface area contributed by atoms with Gasteiger partial charge in [-0.05, 0) is 42.7 Å². The molecule has 0 bridgehead atoms. The number of hydrazine groups is 1. The summed E-state index contributed by atoms with van der Waals surface area (Å²) in [6.45, 7) is 0. The Bertz CT molecular complexity index is 457. The lowest BCUT2D eigenvalue weighted by molar-refractivity contribution is 0.401. The summed E-state index contributed by atoms with van der Waals surface area (Å²) < 4.78 is 12.9. The number of nitrogens with one attached hydrogen (secondary N) is 1. The molecule has 0 aliphatic heterocycles. The maximum absolute atomic E-state index is 12.9. The Morgan fingerprint density at radius 1 is 1.33 bits per heavy atom. The molecule has 18 heavy (non-hydrogen) atoms. The van der Waals surface area contributed by atoms with E-state index in [0.29, 0.717) is 17.9 Å². The standard InChI is InChI=1S/C13H14ClFN2.ClH/c14-11-3-1-10(2-4-11)9-13(17-16)7-5-12(15)6-8-13;/h1-7,17H,8-9,16H2;1H. The van der Waals surface area contributed by atoms with Gasteiger partial charge in [-0.3, -0.25) is 5.84 Å². The molecule has 1 aliphatic carbocycles. The van der Waals surface area contributed by atoms with Crippen molar-refractivity contribution in [2.75, 3.05) is 0 Å². The number of hydrogen-bond acceptors (Lipinski definition) is 2. The van der Waals surface area contributed by atoms with Gasteiger partial charge in [0.1, 0.15) is 5.83 Å². The lowest BCUT2D eigenvalue weighted by Gasteiger charge is -2.31. The summed E-state index contributed by atoms with van der Waals surface area (Å²) in [5.74, 6) is 5.37. The smallest absolute Gasteiger partial charge is 0.119 e. The fraction of sp³-hybridized carbons (Fsp3) is 0.231. The second-order valence-electron chi connectivity index (χ2n) is 4.23. The molecule has 0 amide bonds. The van der Waals surface area contributed by atoms with Crippen molar-refractivity contribution < 1.29 is 4.39 Å². The minimum Gasteiger partial charge on any atom is -0.271 e. The van der Waals surface area contributed by atoms with Gasteiger partial charge in [0, 0.05) is 5.02 Å². The van der Waals surface area contributed by atoms with Gasteiger partial charge in [-0.1, -0.05) is 29.8 Å². The maximum atomic E-state index is 12.9. The number of benzene rings is 1. The van der Waals surface area contributed by atoms with E-state index in [1.807, 2.05) is 24.3 Å². The van der Waals surface area contributed by atoms with E-state index in [9.17, 15) is 4.39 Å². The average molecular weight is 289 g/mol. The molecule has 0 saturated carbocycles. The Hall–Kier alpha value is -0.870. The Kier molecular flexibility index (Phi) is 5.35. The Morgan fingerprint density at radius 2 is 2.00 bits per heavy atom. The summed E-state index contributed by atoms with van der Waals surface area (Å²) in [7, 11) is 0. The molecule has 0 radical (unpaired) electrons. The van der Waals surface area contributed by atoms with Crippen molar-refractivity contribution in [3.05, 3.63) is 58.9 Å². The van der Waals surface area contributed by atoms with E-state index in [0.717, 1.165) is 5.56 Å². The van der Waals surface area contributed by atoms with Crippen LogP contribution in [0.1, 0.15) is 12.0 Å². The van der Waals surface area contributed by atoms with Crippen LogP contribution in [-0.4, -0.2) is 5.54 Å². The molecule has 3 N–H and O–H groups in total. The summed E-state index contributed by atoms with van der Waals surface area (Å²) in [4.78, 5) is 0. The summed E-state index contributed by atoms with van der Waals surface area (Å²) in [5.41, 5.74) is 3.46. The molecule has 1 aromatic rings. The predicted octanol–water partition coefficient (Wildman–Crippen LogP) is 3.32. The van der Waals surface area contributed by atoms with Gasteiger partial charge in [0.15, 0.2) is 0 Å². The molecule has 98 valence electrons. The Labute approximate surface area is 117 Å². The van der Waals surface area contributed by atoms with Crippen molar-refractivity contribution in [2.45, 2.75) is 18.4 Å². The third-order valence-electron chi connectivity index (χ3n) is 2.94. The highest BCUT2D eigenvalue weighted by atomic mass is 35.5. The molecule has 2 rings (SSSR count). The van der Waals surface area contributed by atoms with Crippen LogP contribution in [0.25, 0.3) is 0 Å². The van der Waals surface area contributed by atoms with Crippen molar-refractivity contribution in [2.24, 2.45) is 5.84 Å². The van der Waals surface area contributed by atoms with Gasteiger partial charge in [0.25, 0.3) is 0 Å². The number of rotatable bonds is 3. The second-order valence-corrected chi connectivity index (χ2v) is 4.67. The average Bonchev–Trinajstić information content (AvgIpc) is 2.35. The van der Waals surface area contributed by atoms with E-state index in [-0.39, 0.29) is 18.2 Å². The minimum absolute atomic E-state index is 0. The summed E-state index contributed by atoms with van der Waals surface area (Å²) in [6, 6.07) is 7.57. The van der Waals surface area contributed by atoms with Crippen molar-refractivity contribution in [3.63, 3.8) is 0 Å². The van der Waals surface area contributed by atoms with Crippen LogP contribution < -0.4 is 11.3 Å². The molecule has 0 fully saturated rings. The predicted molar refractivity (Wildman–Crippen MR) is 75.4 cm³/mol. The summed E-state index contributed by atoms with van der Waals surface area (Å²) in [6.07, 6.45) is 5.99. The summed E-state index contributed by atoms with van der Waals surface area (Å²) >= 11 is 5.83. The van der Waals surface area contributed by atoms with E-state index in [2.05, 4.69) is 5.43 Å². The molecule has 0 heterocycles. The third kappa shape index (κ3) is 3.56. The highest BCUT2D eigenvalue weighted by Gasteiger charge is 2.27. The minimum atomic E-state index is -0.413. The van der Waals surface area contributed by atoms with Crippen LogP contribution in [0.15, 0.2) is 48.3 Å². The lowest BCUT2D eigenvalue weighted by atomic mass is 9.85. The number of nitrogens with two attached hydrogens (primary N) is 1. The normalized spacial score (nSPS) is 22.3. The van der Waals surface area contributed by atoms with Crippen molar-refractivity contribution in [3.8, 4) is 0 Å². The first kappa shape index (κ1) is 15.2. The van der Waals surface area contributed by atoms with Gasteiger partial charge in [-0.25, -0.2) is 9.82 Å². The zero-order chi connectivity index (χ0) is 12.3. The van der Waals surface area contributed by atoms with Crippen LogP contribution in [0, 0.1) is 0 Å².